The maximum atomic E-state index is 14.7. The Balaban J connectivity index is 1.45. The number of ether oxygens (including phenoxy) is 1. The number of hydrogen-bond donors (Lipinski definition) is 2. The lowest BCUT2D eigenvalue weighted by atomic mass is 9.99. The number of alkyl halides is 3. The Kier molecular flexibility index (Phi) is 6.12. The molecule has 4 rings (SSSR count). The number of carbonyl (C=O) groups is 1. The second kappa shape index (κ2) is 8.72. The van der Waals surface area contributed by atoms with Gasteiger partial charge in [-0.3, -0.25) is 9.36 Å². The van der Waals surface area contributed by atoms with Crippen LogP contribution < -0.4 is 10.6 Å². The molecule has 0 bridgehead atoms. The molecule has 0 spiro atoms. The molecule has 0 aromatic carbocycles. The van der Waals surface area contributed by atoms with Crippen LogP contribution in [0.4, 0.5) is 23.2 Å². The fourth-order valence-corrected chi connectivity index (χ4v) is 3.48. The number of aromatic nitrogens is 5. The number of halogens is 5. The summed E-state index contributed by atoms with van der Waals surface area (Å²) in [4.78, 5) is 20.5. The van der Waals surface area contributed by atoms with Gasteiger partial charge < -0.3 is 15.4 Å². The van der Waals surface area contributed by atoms with Gasteiger partial charge in [0.15, 0.2) is 17.3 Å². The third kappa shape index (κ3) is 4.99. The van der Waals surface area contributed by atoms with Crippen LogP contribution in [0.3, 0.4) is 0 Å². The number of anilines is 1. The molecule has 0 radical (unpaired) electrons. The molecule has 0 saturated carbocycles. The second-order valence-electron chi connectivity index (χ2n) is 7.56. The minimum absolute atomic E-state index is 0.00946. The summed E-state index contributed by atoms with van der Waals surface area (Å²) in [6.07, 6.45) is -0.438. The van der Waals surface area contributed by atoms with Crippen LogP contribution >= 0.6 is 11.6 Å². The quantitative estimate of drug-likeness (QED) is 0.537. The molecule has 1 aliphatic heterocycles. The predicted octanol–water partition coefficient (Wildman–Crippen LogP) is 2.75. The van der Waals surface area contributed by atoms with E-state index in [-0.39, 0.29) is 16.7 Å². The molecule has 176 valence electrons. The van der Waals surface area contributed by atoms with Gasteiger partial charge in [-0.25, -0.2) is 19.0 Å². The number of hydrogen-bond acceptors (Lipinski definition) is 6. The van der Waals surface area contributed by atoms with Gasteiger partial charge >= 0.3 is 6.18 Å². The molecule has 0 unspecified atom stereocenters. The van der Waals surface area contributed by atoms with Crippen LogP contribution in [-0.2, 0) is 27.8 Å². The van der Waals surface area contributed by atoms with Crippen molar-refractivity contribution in [1.29, 1.82) is 0 Å². The summed E-state index contributed by atoms with van der Waals surface area (Å²) in [6.45, 7) is 2.98. The summed E-state index contributed by atoms with van der Waals surface area (Å²) in [5, 5.41) is 8.57. The Labute approximate surface area is 189 Å². The highest BCUT2D eigenvalue weighted by Crippen LogP contribution is 2.30. The van der Waals surface area contributed by atoms with Crippen LogP contribution in [-0.4, -0.2) is 50.0 Å². The van der Waals surface area contributed by atoms with Gasteiger partial charge in [0, 0.05) is 24.9 Å². The molecule has 9 nitrogen and oxygen atoms in total. The lowest BCUT2D eigenvalue weighted by molar-refractivity contribution is -0.141. The Bertz CT molecular complexity index is 1170. The predicted molar refractivity (Wildman–Crippen MR) is 108 cm³/mol. The molecule has 1 amide bonds. The first-order valence-electron chi connectivity index (χ1n) is 9.69. The van der Waals surface area contributed by atoms with E-state index in [0.29, 0.717) is 36.2 Å². The van der Waals surface area contributed by atoms with Gasteiger partial charge in [0.2, 0.25) is 5.91 Å². The van der Waals surface area contributed by atoms with E-state index >= 15 is 0 Å². The number of morpholine rings is 1. The molecule has 1 fully saturated rings. The highest BCUT2D eigenvalue weighted by Gasteiger charge is 2.35. The molecule has 2 N–H and O–H groups in total. The van der Waals surface area contributed by atoms with Crippen molar-refractivity contribution in [2.75, 3.05) is 25.1 Å². The van der Waals surface area contributed by atoms with E-state index in [1.54, 1.807) is 6.20 Å². The van der Waals surface area contributed by atoms with Crippen LogP contribution in [0.25, 0.3) is 5.82 Å². The van der Waals surface area contributed by atoms with Crippen molar-refractivity contribution in [1.82, 2.24) is 29.6 Å². The van der Waals surface area contributed by atoms with Crippen LogP contribution in [0.1, 0.15) is 18.3 Å². The summed E-state index contributed by atoms with van der Waals surface area (Å²) in [6, 6.07) is 1.65. The summed E-state index contributed by atoms with van der Waals surface area (Å²) >= 11 is 5.71. The van der Waals surface area contributed by atoms with Crippen molar-refractivity contribution in [3.05, 3.63) is 53.2 Å². The average molecular weight is 488 g/mol. The summed E-state index contributed by atoms with van der Waals surface area (Å²) in [5.74, 6) is -1.55. The molecule has 14 heteroatoms. The molecule has 1 atom stereocenters. The van der Waals surface area contributed by atoms with E-state index in [1.807, 2.05) is 6.92 Å². The van der Waals surface area contributed by atoms with Crippen molar-refractivity contribution in [2.45, 2.75) is 25.2 Å². The maximum Gasteiger partial charge on any atom is 0.435 e. The first-order chi connectivity index (χ1) is 15.5. The molecule has 3 aromatic rings. The highest BCUT2D eigenvalue weighted by molar-refractivity contribution is 6.29. The van der Waals surface area contributed by atoms with Crippen molar-refractivity contribution in [3.63, 3.8) is 0 Å². The van der Waals surface area contributed by atoms with Crippen molar-refractivity contribution < 1.29 is 27.1 Å². The van der Waals surface area contributed by atoms with E-state index in [2.05, 4.69) is 25.7 Å². The zero-order valence-corrected chi connectivity index (χ0v) is 17.9. The largest absolute Gasteiger partial charge is 0.435 e. The summed E-state index contributed by atoms with van der Waals surface area (Å²) in [5.41, 5.74) is -1.08. The van der Waals surface area contributed by atoms with Gasteiger partial charge in [0.1, 0.15) is 18.0 Å². The van der Waals surface area contributed by atoms with Crippen molar-refractivity contribution in [3.8, 4) is 5.82 Å². The Morgan fingerprint density at radius 1 is 1.36 bits per heavy atom. The van der Waals surface area contributed by atoms with E-state index in [4.69, 9.17) is 16.3 Å². The van der Waals surface area contributed by atoms with Gasteiger partial charge in [-0.15, -0.1) is 0 Å². The van der Waals surface area contributed by atoms with Crippen LogP contribution in [0.5, 0.6) is 0 Å². The minimum Gasteiger partial charge on any atom is -0.378 e. The zero-order chi connectivity index (χ0) is 23.8. The number of rotatable bonds is 5. The number of nitrogens with zero attached hydrogens (tertiary/aromatic N) is 5. The smallest absolute Gasteiger partial charge is 0.378 e. The third-order valence-corrected chi connectivity index (χ3v) is 5.27. The third-order valence-electron chi connectivity index (χ3n) is 4.96. The monoisotopic (exact) mass is 487 g/mol. The first kappa shape index (κ1) is 23.1. The lowest BCUT2D eigenvalue weighted by Gasteiger charge is -2.33. The van der Waals surface area contributed by atoms with Gasteiger partial charge in [0.05, 0.1) is 36.3 Å². The Morgan fingerprint density at radius 2 is 2.15 bits per heavy atom. The first-order valence-corrected chi connectivity index (χ1v) is 10.1. The topological polar surface area (TPSA) is 98.9 Å². The number of amides is 1. The van der Waals surface area contributed by atoms with Gasteiger partial charge in [-0.2, -0.15) is 18.3 Å². The number of imidazole rings is 1. The molecule has 1 saturated heterocycles. The molecule has 33 heavy (non-hydrogen) atoms. The van der Waals surface area contributed by atoms with Crippen molar-refractivity contribution in [2.24, 2.45) is 0 Å². The number of nitrogens with one attached hydrogen (secondary N) is 2. The highest BCUT2D eigenvalue weighted by atomic mass is 35.5. The van der Waals surface area contributed by atoms with Crippen LogP contribution in [0.15, 0.2) is 30.9 Å². The van der Waals surface area contributed by atoms with E-state index < -0.39 is 35.7 Å². The van der Waals surface area contributed by atoms with Crippen LogP contribution in [0.2, 0.25) is 5.15 Å². The molecule has 0 aliphatic carbocycles. The van der Waals surface area contributed by atoms with E-state index in [0.717, 1.165) is 6.07 Å². The SMILES string of the molecule is C[C@@]1(c2cn(-c3ncc(NC(=O)Cn4nc(C(F)(F)F)cc4Cl)cc3F)cn2)COCCN1. The lowest BCUT2D eigenvalue weighted by Crippen LogP contribution is -2.49. The summed E-state index contributed by atoms with van der Waals surface area (Å²) < 4.78 is 60.4. The fourth-order valence-electron chi connectivity index (χ4n) is 3.28. The minimum atomic E-state index is -4.70. The molecular formula is C19H18ClF4N7O2. The molecule has 1 aliphatic rings. The second-order valence-corrected chi connectivity index (χ2v) is 7.95. The van der Waals surface area contributed by atoms with E-state index in [9.17, 15) is 22.4 Å². The van der Waals surface area contributed by atoms with Gasteiger partial charge in [0.25, 0.3) is 0 Å². The standard InChI is InChI=1S/C19H18ClF4N7O2/c1-18(9-33-3-2-27-18)14-7-30(10-26-14)17-12(21)4-11(6-25-17)28-16(32)8-31-15(20)5-13(29-31)19(22,23)24/h4-7,10,27H,2-3,8-9H2,1H3,(H,28,32)/t18-/m0/s1. The summed E-state index contributed by atoms with van der Waals surface area (Å²) in [7, 11) is 0. The van der Waals surface area contributed by atoms with Gasteiger partial charge in [-0.05, 0) is 6.92 Å². The zero-order valence-electron chi connectivity index (χ0n) is 17.2. The van der Waals surface area contributed by atoms with E-state index in [1.165, 1.54) is 17.1 Å². The Hall–Kier alpha value is -3.03. The molecule has 4 heterocycles. The normalized spacial score (nSPS) is 19.0. The average Bonchev–Trinajstić information content (AvgIpc) is 3.36. The number of pyridine rings is 1. The fraction of sp³-hybridized carbons (Fsp3) is 0.368. The van der Waals surface area contributed by atoms with Crippen LogP contribution in [0, 0.1) is 5.82 Å². The molecular weight excluding hydrogens is 470 g/mol. The maximum absolute atomic E-state index is 14.7. The Morgan fingerprint density at radius 3 is 2.79 bits per heavy atom. The number of carbonyl (C=O) groups excluding carboxylic acids is 1. The van der Waals surface area contributed by atoms with Crippen molar-refractivity contribution >= 4 is 23.2 Å². The van der Waals surface area contributed by atoms with Gasteiger partial charge in [-0.1, -0.05) is 11.6 Å². The molecule has 3 aromatic heterocycles.